The average molecular weight is 159 g/mol. The molecule has 1 heterocycles. The Balaban J connectivity index is 3.02. The normalized spacial score (nSPS) is 12.0. The summed E-state index contributed by atoms with van der Waals surface area (Å²) in [5.41, 5.74) is 0. The summed E-state index contributed by atoms with van der Waals surface area (Å²) in [6.07, 6.45) is -1.39. The van der Waals surface area contributed by atoms with Crippen LogP contribution in [-0.4, -0.2) is 30.1 Å². The molecule has 0 bridgehead atoms. The lowest BCUT2D eigenvalue weighted by atomic mass is 10.4. The third kappa shape index (κ3) is 1.53. The SMILES string of the molecule is CCc1nncn1C(O)(O)O. The van der Waals surface area contributed by atoms with Crippen molar-refractivity contribution in [2.24, 2.45) is 0 Å². The van der Waals surface area contributed by atoms with Gasteiger partial charge in [-0.25, -0.2) is 4.57 Å². The van der Waals surface area contributed by atoms with E-state index in [9.17, 15) is 0 Å². The van der Waals surface area contributed by atoms with Crippen molar-refractivity contribution in [1.82, 2.24) is 14.8 Å². The van der Waals surface area contributed by atoms with Crippen molar-refractivity contribution in [2.45, 2.75) is 19.4 Å². The minimum atomic E-state index is -2.89. The van der Waals surface area contributed by atoms with Gasteiger partial charge in [0, 0.05) is 6.42 Å². The lowest BCUT2D eigenvalue weighted by molar-refractivity contribution is -0.376. The van der Waals surface area contributed by atoms with Gasteiger partial charge in [0.15, 0.2) is 0 Å². The Morgan fingerprint density at radius 2 is 2.18 bits per heavy atom. The largest absolute Gasteiger partial charge is 0.375 e. The Morgan fingerprint density at radius 1 is 1.55 bits per heavy atom. The highest BCUT2D eigenvalue weighted by Crippen LogP contribution is 2.06. The predicted octanol–water partition coefficient (Wildman–Crippen LogP) is -1.61. The summed E-state index contributed by atoms with van der Waals surface area (Å²) in [6, 6.07) is 0. The Labute approximate surface area is 62.7 Å². The first-order chi connectivity index (χ1) is 5.05. The second-order valence-corrected chi connectivity index (χ2v) is 2.07. The molecule has 0 aromatic carbocycles. The van der Waals surface area contributed by atoms with Crippen LogP contribution in [0, 0.1) is 0 Å². The smallest absolute Gasteiger partial charge is 0.325 e. The molecule has 1 aromatic heterocycles. The maximum absolute atomic E-state index is 8.68. The second-order valence-electron chi connectivity index (χ2n) is 2.07. The lowest BCUT2D eigenvalue weighted by Crippen LogP contribution is -2.33. The summed E-state index contributed by atoms with van der Waals surface area (Å²) in [6.45, 7) is 1.76. The van der Waals surface area contributed by atoms with Crippen LogP contribution in [0.1, 0.15) is 12.7 Å². The first-order valence-corrected chi connectivity index (χ1v) is 3.12. The summed E-state index contributed by atoms with van der Waals surface area (Å²) < 4.78 is 0.771. The highest BCUT2D eigenvalue weighted by atomic mass is 16.7. The molecular formula is C5H9N3O3. The zero-order chi connectivity index (χ0) is 8.48. The summed E-state index contributed by atoms with van der Waals surface area (Å²) in [5, 5.41) is 33.0. The number of hydrogen-bond donors (Lipinski definition) is 3. The van der Waals surface area contributed by atoms with Gasteiger partial charge in [-0.1, -0.05) is 6.92 Å². The fourth-order valence-electron chi connectivity index (χ4n) is 0.751. The van der Waals surface area contributed by atoms with Gasteiger partial charge in [-0.15, -0.1) is 10.2 Å². The molecule has 0 radical (unpaired) electrons. The van der Waals surface area contributed by atoms with Crippen molar-refractivity contribution in [1.29, 1.82) is 0 Å². The molecule has 11 heavy (non-hydrogen) atoms. The number of rotatable bonds is 2. The van der Waals surface area contributed by atoms with Gasteiger partial charge in [0.1, 0.15) is 12.2 Å². The van der Waals surface area contributed by atoms with Crippen molar-refractivity contribution >= 4 is 0 Å². The molecule has 0 atom stereocenters. The van der Waals surface area contributed by atoms with Gasteiger partial charge in [-0.3, -0.25) is 0 Å². The highest BCUT2D eigenvalue weighted by molar-refractivity contribution is 4.85. The van der Waals surface area contributed by atoms with Gasteiger partial charge < -0.3 is 15.3 Å². The monoisotopic (exact) mass is 159 g/mol. The van der Waals surface area contributed by atoms with Gasteiger partial charge in [0.2, 0.25) is 0 Å². The number of hydrogen-bond acceptors (Lipinski definition) is 5. The molecule has 0 aliphatic carbocycles. The van der Waals surface area contributed by atoms with Crippen LogP contribution >= 0.6 is 0 Å². The fourth-order valence-corrected chi connectivity index (χ4v) is 0.751. The van der Waals surface area contributed by atoms with E-state index in [2.05, 4.69) is 10.2 Å². The molecule has 3 N–H and O–H groups in total. The Kier molecular flexibility index (Phi) is 1.90. The topological polar surface area (TPSA) is 91.4 Å². The van der Waals surface area contributed by atoms with Crippen molar-refractivity contribution in [3.63, 3.8) is 0 Å². The average Bonchev–Trinajstić information content (AvgIpc) is 2.31. The number of nitrogens with zero attached hydrogens (tertiary/aromatic N) is 3. The molecule has 62 valence electrons. The molecule has 0 spiro atoms. The van der Waals surface area contributed by atoms with Crippen LogP contribution in [0.2, 0.25) is 0 Å². The van der Waals surface area contributed by atoms with Crippen LogP contribution in [0.4, 0.5) is 0 Å². The molecule has 1 aromatic rings. The summed E-state index contributed by atoms with van der Waals surface area (Å²) in [4.78, 5) is 0. The molecular weight excluding hydrogens is 150 g/mol. The third-order valence-electron chi connectivity index (χ3n) is 1.26. The van der Waals surface area contributed by atoms with E-state index in [-0.39, 0.29) is 0 Å². The van der Waals surface area contributed by atoms with Gasteiger partial charge >= 0.3 is 6.10 Å². The molecule has 0 saturated heterocycles. The Morgan fingerprint density at radius 3 is 2.55 bits per heavy atom. The van der Waals surface area contributed by atoms with Crippen molar-refractivity contribution < 1.29 is 15.3 Å². The molecule has 6 heteroatoms. The lowest BCUT2D eigenvalue weighted by Gasteiger charge is -2.15. The van der Waals surface area contributed by atoms with Gasteiger partial charge in [0.25, 0.3) is 0 Å². The summed E-state index contributed by atoms with van der Waals surface area (Å²) in [5.74, 6) is 0.303. The third-order valence-corrected chi connectivity index (χ3v) is 1.26. The molecule has 6 nitrogen and oxygen atoms in total. The van der Waals surface area contributed by atoms with Crippen LogP contribution in [-0.2, 0) is 12.5 Å². The van der Waals surface area contributed by atoms with Crippen LogP contribution in [0.5, 0.6) is 0 Å². The highest BCUT2D eigenvalue weighted by Gasteiger charge is 2.23. The Hall–Kier alpha value is -0.980. The molecule has 0 amide bonds. The molecule has 1 rings (SSSR count). The zero-order valence-corrected chi connectivity index (χ0v) is 5.97. The zero-order valence-electron chi connectivity index (χ0n) is 5.97. The molecule has 0 unspecified atom stereocenters. The van der Waals surface area contributed by atoms with E-state index in [4.69, 9.17) is 15.3 Å². The van der Waals surface area contributed by atoms with Crippen LogP contribution < -0.4 is 0 Å². The van der Waals surface area contributed by atoms with E-state index < -0.39 is 6.10 Å². The second kappa shape index (κ2) is 2.57. The quantitative estimate of drug-likeness (QED) is 0.451. The first-order valence-electron chi connectivity index (χ1n) is 3.12. The van der Waals surface area contributed by atoms with E-state index in [1.54, 1.807) is 6.92 Å². The predicted molar refractivity (Wildman–Crippen MR) is 34.0 cm³/mol. The minimum Gasteiger partial charge on any atom is -0.325 e. The molecule has 0 fully saturated rings. The van der Waals surface area contributed by atoms with Crippen molar-refractivity contribution in [3.8, 4) is 0 Å². The van der Waals surface area contributed by atoms with Crippen molar-refractivity contribution in [3.05, 3.63) is 12.2 Å². The maximum atomic E-state index is 8.68. The van der Waals surface area contributed by atoms with Gasteiger partial charge in [0.05, 0.1) is 0 Å². The number of aromatic nitrogens is 3. The first kappa shape index (κ1) is 8.12. The summed E-state index contributed by atoms with van der Waals surface area (Å²) in [7, 11) is 0. The van der Waals surface area contributed by atoms with Crippen molar-refractivity contribution in [2.75, 3.05) is 0 Å². The minimum absolute atomic E-state index is 0.303. The van der Waals surface area contributed by atoms with Gasteiger partial charge in [-0.2, -0.15) is 0 Å². The molecule has 0 aliphatic heterocycles. The van der Waals surface area contributed by atoms with E-state index in [1.165, 1.54) is 0 Å². The number of aryl methyl sites for hydroxylation is 1. The van der Waals surface area contributed by atoms with Crippen LogP contribution in [0.25, 0.3) is 0 Å². The standard InChI is InChI=1S/C5H9N3O3/c1-2-4-7-6-3-8(4)5(9,10)11/h3,9-11H,2H2,1H3. The van der Waals surface area contributed by atoms with Gasteiger partial charge in [-0.05, 0) is 0 Å². The van der Waals surface area contributed by atoms with E-state index in [0.717, 1.165) is 10.9 Å². The van der Waals surface area contributed by atoms with E-state index >= 15 is 0 Å². The fraction of sp³-hybridized carbons (Fsp3) is 0.600. The molecule has 0 aliphatic rings. The Bertz CT molecular complexity index is 239. The van der Waals surface area contributed by atoms with E-state index in [0.29, 0.717) is 12.2 Å². The van der Waals surface area contributed by atoms with E-state index in [1.807, 2.05) is 0 Å². The summed E-state index contributed by atoms with van der Waals surface area (Å²) >= 11 is 0. The molecule has 0 saturated carbocycles. The van der Waals surface area contributed by atoms with Crippen LogP contribution in [0.15, 0.2) is 6.33 Å². The number of aliphatic hydroxyl groups is 3. The maximum Gasteiger partial charge on any atom is 0.375 e. The van der Waals surface area contributed by atoms with Crippen LogP contribution in [0.3, 0.4) is 0 Å².